The van der Waals surface area contributed by atoms with E-state index >= 15 is 0 Å². The summed E-state index contributed by atoms with van der Waals surface area (Å²) in [6.45, 7) is 5.52. The minimum Gasteiger partial charge on any atom is -0.211 e. The van der Waals surface area contributed by atoms with E-state index in [-0.39, 0.29) is 49.1 Å². The van der Waals surface area contributed by atoms with Crippen molar-refractivity contribution in [2.45, 2.75) is 22.0 Å². The Kier molecular flexibility index (Phi) is 11.1. The minimum absolute atomic E-state index is 0.00793. The first-order valence-corrected chi connectivity index (χ1v) is 18.4. The second kappa shape index (κ2) is 14.6. The summed E-state index contributed by atoms with van der Waals surface area (Å²) < 4.78 is 85.0. The van der Waals surface area contributed by atoms with E-state index in [1.54, 1.807) is 103 Å². The lowest BCUT2D eigenvalue weighted by molar-refractivity contribution is 0.464. The first-order chi connectivity index (χ1) is 21.0. The fraction of sp³-hybridized carbons (Fsp3) is 0.250. The van der Waals surface area contributed by atoms with Gasteiger partial charge >= 0.3 is 0 Å². The van der Waals surface area contributed by atoms with Gasteiger partial charge in [-0.15, -0.1) is 0 Å². The van der Waals surface area contributed by atoms with Gasteiger partial charge in [0.2, 0.25) is 30.1 Å². The lowest BCUT2D eigenvalue weighted by Gasteiger charge is -2.22. The van der Waals surface area contributed by atoms with Gasteiger partial charge in [0.05, 0.1) is 9.79 Å². The maximum absolute atomic E-state index is 13.6. The lowest BCUT2D eigenvalue weighted by Crippen LogP contribution is -2.37. The molecule has 2 aromatic rings. The van der Waals surface area contributed by atoms with Crippen LogP contribution in [0.1, 0.15) is 11.1 Å². The first-order valence-electron chi connectivity index (χ1n) is 14.0. The van der Waals surface area contributed by atoms with Crippen molar-refractivity contribution in [2.75, 3.05) is 39.3 Å². The van der Waals surface area contributed by atoms with Crippen molar-refractivity contribution >= 4 is 36.1 Å². The average Bonchev–Trinajstić information content (AvgIpc) is 3.55. The molecule has 4 rings (SSSR count). The SMILES string of the molecule is C=Cc1ccc(S(=O)(=O)N2C/C=C/CN(S(=O)(=O)c3ccc(C)cc3)C/C=C/CN(S(=O)(=O)C3C=CC=C3)C/C=C/C2)cc1. The molecule has 1 aliphatic heterocycles. The maximum atomic E-state index is 13.6. The molecule has 0 fully saturated rings. The van der Waals surface area contributed by atoms with Crippen LogP contribution in [0.5, 0.6) is 0 Å². The van der Waals surface area contributed by atoms with Gasteiger partial charge in [-0.05, 0) is 36.8 Å². The standard InChI is InChI=1S/C32H37N3O6S3/c1-3-29-16-20-32(21-17-29)44(40,41)35-26-9-7-23-33(42(36,37)30-12-4-5-13-30)22-6-8-24-34(25-10-11-27-35)43(38,39)31-18-14-28(2)15-19-31/h3-21,30H,1,22-27H2,2H3/b8-6+,9-7+,11-10+. The monoisotopic (exact) mass is 655 g/mol. The molecule has 12 heteroatoms. The van der Waals surface area contributed by atoms with E-state index in [9.17, 15) is 25.3 Å². The normalized spacial score (nSPS) is 20.9. The van der Waals surface area contributed by atoms with Crippen LogP contribution in [0.3, 0.4) is 0 Å². The summed E-state index contributed by atoms with van der Waals surface area (Å²) >= 11 is 0. The van der Waals surface area contributed by atoms with Crippen molar-refractivity contribution in [1.29, 1.82) is 0 Å². The van der Waals surface area contributed by atoms with Gasteiger partial charge in [-0.2, -0.15) is 12.9 Å². The van der Waals surface area contributed by atoms with Crippen LogP contribution in [-0.2, 0) is 30.1 Å². The highest BCUT2D eigenvalue weighted by molar-refractivity contribution is 7.90. The zero-order valence-corrected chi connectivity index (χ0v) is 27.0. The number of benzene rings is 2. The molecular formula is C32H37N3O6S3. The molecule has 9 nitrogen and oxygen atoms in total. The van der Waals surface area contributed by atoms with Gasteiger partial charge < -0.3 is 0 Å². The molecule has 0 saturated carbocycles. The van der Waals surface area contributed by atoms with Crippen LogP contribution in [0.15, 0.2) is 126 Å². The molecule has 0 unspecified atom stereocenters. The Morgan fingerprint density at radius 1 is 0.591 bits per heavy atom. The highest BCUT2D eigenvalue weighted by Crippen LogP contribution is 2.20. The summed E-state index contributed by atoms with van der Waals surface area (Å²) in [6.07, 6.45) is 17.9. The van der Waals surface area contributed by atoms with Gasteiger partial charge in [-0.25, -0.2) is 25.3 Å². The molecule has 0 saturated heterocycles. The van der Waals surface area contributed by atoms with Crippen LogP contribution >= 0.6 is 0 Å². The minimum atomic E-state index is -3.94. The molecule has 1 aliphatic carbocycles. The van der Waals surface area contributed by atoms with Gasteiger partial charge in [0.15, 0.2) is 0 Å². The molecule has 0 bridgehead atoms. The molecule has 0 amide bonds. The third kappa shape index (κ3) is 8.00. The van der Waals surface area contributed by atoms with Crippen LogP contribution in [0.4, 0.5) is 0 Å². The molecule has 234 valence electrons. The number of rotatable bonds is 7. The Bertz CT molecular complexity index is 1780. The van der Waals surface area contributed by atoms with E-state index < -0.39 is 35.3 Å². The predicted molar refractivity (Wildman–Crippen MR) is 175 cm³/mol. The van der Waals surface area contributed by atoms with E-state index in [2.05, 4.69) is 6.58 Å². The molecule has 0 aromatic heterocycles. The molecule has 0 atom stereocenters. The molecule has 2 aromatic carbocycles. The van der Waals surface area contributed by atoms with E-state index in [4.69, 9.17) is 0 Å². The number of hydrogen-bond acceptors (Lipinski definition) is 6. The third-order valence-corrected chi connectivity index (χ3v) is 12.9. The Hall–Kier alpha value is -3.39. The van der Waals surface area contributed by atoms with Gasteiger partial charge in [0, 0.05) is 39.3 Å². The second-order valence-electron chi connectivity index (χ2n) is 10.2. The zero-order valence-electron chi connectivity index (χ0n) is 24.5. The van der Waals surface area contributed by atoms with Gasteiger partial charge in [0.1, 0.15) is 5.25 Å². The Balaban J connectivity index is 1.68. The van der Waals surface area contributed by atoms with Gasteiger partial charge in [-0.1, -0.05) is 103 Å². The van der Waals surface area contributed by atoms with E-state index in [1.165, 1.54) is 25.0 Å². The van der Waals surface area contributed by atoms with E-state index in [1.807, 2.05) is 6.92 Å². The summed E-state index contributed by atoms with van der Waals surface area (Å²) in [5.74, 6) is 0. The summed E-state index contributed by atoms with van der Waals surface area (Å²) in [4.78, 5) is 0.225. The Morgan fingerprint density at radius 2 is 0.955 bits per heavy atom. The van der Waals surface area contributed by atoms with E-state index in [0.717, 1.165) is 11.1 Å². The zero-order chi connectivity index (χ0) is 31.8. The van der Waals surface area contributed by atoms with Crippen molar-refractivity contribution in [3.05, 3.63) is 127 Å². The summed E-state index contributed by atoms with van der Waals surface area (Å²) in [6, 6.07) is 12.9. The number of allylic oxidation sites excluding steroid dienone is 2. The summed E-state index contributed by atoms with van der Waals surface area (Å²) in [5.41, 5.74) is 1.70. The van der Waals surface area contributed by atoms with Crippen LogP contribution in [0, 0.1) is 6.92 Å². The molecule has 1 heterocycles. The van der Waals surface area contributed by atoms with Crippen molar-refractivity contribution in [2.24, 2.45) is 0 Å². The predicted octanol–water partition coefficient (Wildman–Crippen LogP) is 4.13. The molecule has 0 radical (unpaired) electrons. The fourth-order valence-electron chi connectivity index (χ4n) is 4.54. The topological polar surface area (TPSA) is 112 Å². The molecule has 0 spiro atoms. The first kappa shape index (κ1) is 33.5. The van der Waals surface area contributed by atoms with Gasteiger partial charge in [0.25, 0.3) is 0 Å². The van der Waals surface area contributed by atoms with Crippen molar-refractivity contribution in [3.63, 3.8) is 0 Å². The highest BCUT2D eigenvalue weighted by Gasteiger charge is 2.29. The van der Waals surface area contributed by atoms with Crippen LogP contribution in [-0.4, -0.2) is 82.7 Å². The van der Waals surface area contributed by atoms with Crippen molar-refractivity contribution in [1.82, 2.24) is 12.9 Å². The average molecular weight is 656 g/mol. The van der Waals surface area contributed by atoms with Gasteiger partial charge in [-0.3, -0.25) is 0 Å². The number of aryl methyl sites for hydroxylation is 1. The number of nitrogens with zero attached hydrogens (tertiary/aromatic N) is 3. The Morgan fingerprint density at radius 3 is 1.34 bits per heavy atom. The second-order valence-corrected chi connectivity index (χ2v) is 16.2. The summed E-state index contributed by atoms with van der Waals surface area (Å²) in [7, 11) is -11.6. The smallest absolute Gasteiger partial charge is 0.211 e. The molecular weight excluding hydrogens is 619 g/mol. The number of sulfonamides is 3. The largest absolute Gasteiger partial charge is 0.243 e. The Labute approximate surface area is 261 Å². The summed E-state index contributed by atoms with van der Waals surface area (Å²) in [5, 5.41) is -0.815. The van der Waals surface area contributed by atoms with Crippen LogP contribution in [0.2, 0.25) is 0 Å². The van der Waals surface area contributed by atoms with Crippen molar-refractivity contribution < 1.29 is 25.3 Å². The quantitative estimate of drug-likeness (QED) is 0.415. The maximum Gasteiger partial charge on any atom is 0.243 e. The highest BCUT2D eigenvalue weighted by atomic mass is 32.2. The molecule has 0 N–H and O–H groups in total. The molecule has 44 heavy (non-hydrogen) atoms. The van der Waals surface area contributed by atoms with E-state index in [0.29, 0.717) is 0 Å². The lowest BCUT2D eigenvalue weighted by atomic mass is 10.2. The van der Waals surface area contributed by atoms with Crippen LogP contribution in [0.25, 0.3) is 6.08 Å². The fourth-order valence-corrected chi connectivity index (χ4v) is 8.74. The van der Waals surface area contributed by atoms with Crippen molar-refractivity contribution in [3.8, 4) is 0 Å². The molecule has 2 aliphatic rings. The number of hydrogen-bond donors (Lipinski definition) is 0. The third-order valence-electron chi connectivity index (χ3n) is 7.18. The van der Waals surface area contributed by atoms with Crippen LogP contribution < -0.4 is 0 Å².